The molecule has 144 valence electrons. The molecule has 0 unspecified atom stereocenters. The molecule has 4 rings (SSSR count). The van der Waals surface area contributed by atoms with E-state index in [-0.39, 0.29) is 11.4 Å². The molecule has 1 aromatic heterocycles. The van der Waals surface area contributed by atoms with Gasteiger partial charge in [0.25, 0.3) is 5.56 Å². The lowest BCUT2D eigenvalue weighted by atomic mass is 10.1. The van der Waals surface area contributed by atoms with Gasteiger partial charge in [-0.2, -0.15) is 0 Å². The number of benzene rings is 3. The van der Waals surface area contributed by atoms with Gasteiger partial charge in [-0.15, -0.1) is 0 Å². The summed E-state index contributed by atoms with van der Waals surface area (Å²) in [7, 11) is 0. The van der Waals surface area contributed by atoms with Crippen LogP contribution < -0.4 is 10.3 Å². The van der Waals surface area contributed by atoms with E-state index < -0.39 is 0 Å². The molecule has 0 aliphatic heterocycles. The summed E-state index contributed by atoms with van der Waals surface area (Å²) in [5.41, 5.74) is 1.42. The van der Waals surface area contributed by atoms with Crippen molar-refractivity contribution in [2.75, 3.05) is 6.61 Å². The maximum absolute atomic E-state index is 13.1. The summed E-state index contributed by atoms with van der Waals surface area (Å²) < 4.78 is 6.93. The summed E-state index contributed by atoms with van der Waals surface area (Å²) in [4.78, 5) is 17.6. The van der Waals surface area contributed by atoms with Gasteiger partial charge in [-0.25, -0.2) is 4.57 Å². The van der Waals surface area contributed by atoms with E-state index in [2.05, 4.69) is 4.99 Å². The lowest BCUT2D eigenvalue weighted by Gasteiger charge is -2.13. The highest BCUT2D eigenvalue weighted by molar-refractivity contribution is 6.02. The van der Waals surface area contributed by atoms with Crippen LogP contribution in [-0.4, -0.2) is 22.5 Å². The van der Waals surface area contributed by atoms with Crippen molar-refractivity contribution >= 4 is 22.7 Å². The van der Waals surface area contributed by atoms with E-state index in [1.165, 1.54) is 4.57 Å². The van der Waals surface area contributed by atoms with E-state index >= 15 is 0 Å². The van der Waals surface area contributed by atoms with Crippen molar-refractivity contribution < 1.29 is 9.84 Å². The summed E-state index contributed by atoms with van der Waals surface area (Å²) in [5.74, 6) is 0.504. The molecule has 5 heteroatoms. The number of aromatic nitrogens is 1. The Morgan fingerprint density at radius 2 is 1.59 bits per heavy atom. The molecule has 3 aromatic carbocycles. The van der Waals surface area contributed by atoms with Crippen molar-refractivity contribution in [1.29, 1.82) is 0 Å². The van der Waals surface area contributed by atoms with Gasteiger partial charge in [-0.1, -0.05) is 48.5 Å². The summed E-state index contributed by atoms with van der Waals surface area (Å²) in [6.45, 7) is 2.44. The largest absolute Gasteiger partial charge is 0.494 e. The van der Waals surface area contributed by atoms with E-state index in [1.54, 1.807) is 30.5 Å². The Morgan fingerprint density at radius 3 is 2.34 bits per heavy atom. The molecule has 0 saturated carbocycles. The molecule has 0 bridgehead atoms. The van der Waals surface area contributed by atoms with Gasteiger partial charge in [0.05, 0.1) is 17.9 Å². The Balaban J connectivity index is 1.94. The number of rotatable bonds is 5. The van der Waals surface area contributed by atoms with Crippen LogP contribution in [0.2, 0.25) is 0 Å². The van der Waals surface area contributed by atoms with Crippen molar-refractivity contribution in [3.63, 3.8) is 0 Å². The Kier molecular flexibility index (Phi) is 5.12. The second-order valence-electron chi connectivity index (χ2n) is 6.42. The van der Waals surface area contributed by atoms with Crippen molar-refractivity contribution in [2.45, 2.75) is 6.92 Å². The Hall–Kier alpha value is -3.86. The van der Waals surface area contributed by atoms with Crippen LogP contribution in [-0.2, 0) is 0 Å². The van der Waals surface area contributed by atoms with Crippen LogP contribution in [0.3, 0.4) is 0 Å². The topological polar surface area (TPSA) is 63.8 Å². The number of aromatic hydroxyl groups is 1. The average molecular weight is 384 g/mol. The number of aliphatic imine (C=N–C) groups is 1. The molecule has 0 radical (unpaired) electrons. The van der Waals surface area contributed by atoms with Crippen LogP contribution >= 0.6 is 0 Å². The maximum atomic E-state index is 13.1. The number of pyridine rings is 1. The summed E-state index contributed by atoms with van der Waals surface area (Å²) >= 11 is 0. The molecule has 0 spiro atoms. The van der Waals surface area contributed by atoms with Gasteiger partial charge < -0.3 is 9.84 Å². The fourth-order valence-electron chi connectivity index (χ4n) is 3.28. The van der Waals surface area contributed by atoms with Gasteiger partial charge in [0.15, 0.2) is 0 Å². The quantitative estimate of drug-likeness (QED) is 0.501. The van der Waals surface area contributed by atoms with E-state index in [4.69, 9.17) is 4.74 Å². The molecule has 0 fully saturated rings. The second kappa shape index (κ2) is 8.02. The van der Waals surface area contributed by atoms with Gasteiger partial charge in [0, 0.05) is 17.0 Å². The molecule has 4 aromatic rings. The van der Waals surface area contributed by atoms with Gasteiger partial charge in [-0.3, -0.25) is 9.79 Å². The molecule has 1 N–H and O–H groups in total. The van der Waals surface area contributed by atoms with Crippen LogP contribution in [0.15, 0.2) is 88.6 Å². The van der Waals surface area contributed by atoms with E-state index in [9.17, 15) is 9.90 Å². The van der Waals surface area contributed by atoms with E-state index in [1.807, 2.05) is 61.5 Å². The minimum atomic E-state index is -0.281. The third-order valence-corrected chi connectivity index (χ3v) is 4.62. The van der Waals surface area contributed by atoms with Crippen LogP contribution in [0.4, 0.5) is 5.69 Å². The fraction of sp³-hybridized carbons (Fsp3) is 0.0833. The first-order chi connectivity index (χ1) is 14.2. The Morgan fingerprint density at radius 1 is 0.931 bits per heavy atom. The number of nitrogens with zero attached hydrogens (tertiary/aromatic N) is 2. The van der Waals surface area contributed by atoms with Crippen molar-refractivity contribution in [3.8, 4) is 17.3 Å². The minimum absolute atomic E-state index is 0.155. The van der Waals surface area contributed by atoms with Crippen LogP contribution in [0.5, 0.6) is 11.6 Å². The van der Waals surface area contributed by atoms with Crippen LogP contribution in [0.25, 0.3) is 16.5 Å². The van der Waals surface area contributed by atoms with Crippen LogP contribution in [0, 0.1) is 0 Å². The molecule has 29 heavy (non-hydrogen) atoms. The molecule has 0 saturated heterocycles. The second-order valence-corrected chi connectivity index (χ2v) is 6.42. The van der Waals surface area contributed by atoms with E-state index in [0.717, 1.165) is 0 Å². The number of ether oxygens (including phenoxy) is 1. The highest BCUT2D eigenvalue weighted by Gasteiger charge is 2.16. The monoisotopic (exact) mass is 384 g/mol. The van der Waals surface area contributed by atoms with Gasteiger partial charge >= 0.3 is 0 Å². The zero-order chi connectivity index (χ0) is 20.2. The highest BCUT2D eigenvalue weighted by Crippen LogP contribution is 2.29. The van der Waals surface area contributed by atoms with Crippen molar-refractivity contribution in [3.05, 3.63) is 94.8 Å². The third-order valence-electron chi connectivity index (χ3n) is 4.62. The first kappa shape index (κ1) is 18.5. The lowest BCUT2D eigenvalue weighted by Crippen LogP contribution is -2.20. The van der Waals surface area contributed by atoms with Gasteiger partial charge in [0.2, 0.25) is 5.88 Å². The molecule has 0 amide bonds. The predicted octanol–water partition coefficient (Wildman–Crippen LogP) is 4.85. The first-order valence-electron chi connectivity index (χ1n) is 9.38. The SMILES string of the molecule is CCOc1ccccc1N=Cc1c(O)n(-c2ccccc2)c(=O)c2ccccc12. The molecule has 0 aliphatic rings. The first-order valence-corrected chi connectivity index (χ1v) is 9.38. The van der Waals surface area contributed by atoms with E-state index in [0.29, 0.717) is 40.1 Å². The summed E-state index contributed by atoms with van der Waals surface area (Å²) in [6, 6.07) is 23.7. The highest BCUT2D eigenvalue weighted by atomic mass is 16.5. The molecule has 0 aliphatic carbocycles. The Labute approximate surface area is 168 Å². The summed E-state index contributed by atoms with van der Waals surface area (Å²) in [6.07, 6.45) is 1.58. The summed E-state index contributed by atoms with van der Waals surface area (Å²) in [5, 5.41) is 12.2. The number of fused-ring (bicyclic) bond motifs is 1. The normalized spacial score (nSPS) is 11.2. The third kappa shape index (κ3) is 3.50. The molecular weight excluding hydrogens is 364 g/mol. The molecular formula is C24H20N2O3. The number of hydrogen-bond acceptors (Lipinski definition) is 4. The molecule has 5 nitrogen and oxygen atoms in total. The fourth-order valence-corrected chi connectivity index (χ4v) is 3.28. The number of para-hydroxylation sites is 3. The maximum Gasteiger partial charge on any atom is 0.265 e. The van der Waals surface area contributed by atoms with Gasteiger partial charge in [0.1, 0.15) is 11.4 Å². The smallest absolute Gasteiger partial charge is 0.265 e. The standard InChI is InChI=1S/C24H20N2O3/c1-2-29-22-15-9-8-14-21(22)25-16-20-18-12-6-7-13-19(18)23(27)26(24(20)28)17-10-4-3-5-11-17/h3-16,28H,2H2,1H3. The predicted molar refractivity (Wildman–Crippen MR) is 116 cm³/mol. The molecule has 0 atom stereocenters. The number of hydrogen-bond donors (Lipinski definition) is 1. The van der Waals surface area contributed by atoms with Crippen LogP contribution in [0.1, 0.15) is 12.5 Å². The Bertz CT molecular complexity index is 1240. The van der Waals surface area contributed by atoms with Gasteiger partial charge in [-0.05, 0) is 37.3 Å². The van der Waals surface area contributed by atoms with Crippen molar-refractivity contribution in [2.24, 2.45) is 4.99 Å². The molecule has 1 heterocycles. The lowest BCUT2D eigenvalue weighted by molar-refractivity contribution is 0.341. The van der Waals surface area contributed by atoms with Crippen molar-refractivity contribution in [1.82, 2.24) is 4.57 Å². The zero-order valence-corrected chi connectivity index (χ0v) is 15.9. The average Bonchev–Trinajstić information content (AvgIpc) is 2.76. The minimum Gasteiger partial charge on any atom is -0.494 e. The zero-order valence-electron chi connectivity index (χ0n) is 15.9.